The fourth-order valence-electron chi connectivity index (χ4n) is 4.04. The van der Waals surface area contributed by atoms with E-state index < -0.39 is 11.7 Å². The van der Waals surface area contributed by atoms with E-state index in [0.29, 0.717) is 37.4 Å². The Balaban J connectivity index is 1.43. The van der Waals surface area contributed by atoms with Crippen LogP contribution in [0.4, 0.5) is 24.7 Å². The van der Waals surface area contributed by atoms with Crippen LogP contribution in [0.5, 0.6) is 0 Å². The number of piperidine rings is 1. The largest absolute Gasteiger partial charge is 0.417 e. The first kappa shape index (κ1) is 23.1. The number of alkyl halides is 3. The van der Waals surface area contributed by atoms with Gasteiger partial charge in [0, 0.05) is 30.9 Å². The monoisotopic (exact) mass is 477 g/mol. The lowest BCUT2D eigenvalue weighted by Gasteiger charge is -2.32. The van der Waals surface area contributed by atoms with Crippen LogP contribution < -0.4 is 10.2 Å². The van der Waals surface area contributed by atoms with E-state index >= 15 is 0 Å². The molecule has 33 heavy (non-hydrogen) atoms. The van der Waals surface area contributed by atoms with Crippen molar-refractivity contribution in [3.63, 3.8) is 0 Å². The molecule has 4 rings (SSSR count). The molecule has 174 valence electrons. The fraction of sp³-hybridized carbons (Fsp3) is 0.348. The molecule has 1 fully saturated rings. The van der Waals surface area contributed by atoms with E-state index in [1.807, 2.05) is 49.1 Å². The van der Waals surface area contributed by atoms with Gasteiger partial charge in [-0.3, -0.25) is 4.79 Å². The number of anilines is 2. The Kier molecular flexibility index (Phi) is 6.34. The van der Waals surface area contributed by atoms with Crippen LogP contribution in [-0.2, 0) is 11.0 Å². The Morgan fingerprint density at radius 1 is 1.15 bits per heavy atom. The normalized spacial score (nSPS) is 15.0. The molecule has 0 aliphatic carbocycles. The minimum Gasteiger partial charge on any atom is -0.355 e. The van der Waals surface area contributed by atoms with E-state index in [2.05, 4.69) is 15.4 Å². The first-order valence-electron chi connectivity index (χ1n) is 10.5. The lowest BCUT2D eigenvalue weighted by Crippen LogP contribution is -2.38. The number of carbonyl (C=O) groups is 1. The minimum atomic E-state index is -4.50. The molecule has 1 saturated heterocycles. The third-order valence-electron chi connectivity index (χ3n) is 5.71. The number of amides is 1. The summed E-state index contributed by atoms with van der Waals surface area (Å²) in [7, 11) is 0. The maximum atomic E-state index is 13.0. The molecular weight excluding hydrogens is 455 g/mol. The molecule has 0 bridgehead atoms. The molecule has 0 saturated carbocycles. The summed E-state index contributed by atoms with van der Waals surface area (Å²) in [6.07, 6.45) is -2.64. The molecule has 0 radical (unpaired) electrons. The van der Waals surface area contributed by atoms with Crippen molar-refractivity contribution in [2.24, 2.45) is 5.92 Å². The number of nitrogens with zero attached hydrogens (tertiary/aromatic N) is 4. The van der Waals surface area contributed by atoms with Gasteiger partial charge in [0.15, 0.2) is 0 Å². The highest BCUT2D eigenvalue weighted by Gasteiger charge is 2.33. The number of aryl methyl sites for hydroxylation is 2. The van der Waals surface area contributed by atoms with Gasteiger partial charge in [0.2, 0.25) is 5.91 Å². The zero-order valence-corrected chi connectivity index (χ0v) is 18.9. The number of pyridine rings is 1. The number of carbonyl (C=O) groups excluding carboxylic acids is 1. The predicted molar refractivity (Wildman–Crippen MR) is 121 cm³/mol. The van der Waals surface area contributed by atoms with Crippen molar-refractivity contribution in [2.75, 3.05) is 23.3 Å². The molecule has 1 aromatic carbocycles. The van der Waals surface area contributed by atoms with Gasteiger partial charge in [-0.25, -0.2) is 9.67 Å². The second-order valence-electron chi connectivity index (χ2n) is 8.13. The van der Waals surface area contributed by atoms with Crippen LogP contribution in [0.3, 0.4) is 0 Å². The second kappa shape index (κ2) is 9.05. The SMILES string of the molecule is Cc1cc(C)n(-c2ccccc2NC(=O)C2CCN(c3ncc(C(F)(F)F)cc3Cl)CC2)n1. The summed E-state index contributed by atoms with van der Waals surface area (Å²) < 4.78 is 40.4. The van der Waals surface area contributed by atoms with Crippen LogP contribution in [-0.4, -0.2) is 33.8 Å². The number of benzene rings is 1. The molecule has 3 heterocycles. The molecule has 0 spiro atoms. The van der Waals surface area contributed by atoms with Crippen LogP contribution in [0.15, 0.2) is 42.6 Å². The minimum absolute atomic E-state index is 0.0495. The highest BCUT2D eigenvalue weighted by Crippen LogP contribution is 2.35. The van der Waals surface area contributed by atoms with Crippen molar-refractivity contribution >= 4 is 29.0 Å². The van der Waals surface area contributed by atoms with E-state index in [9.17, 15) is 18.0 Å². The number of hydrogen-bond acceptors (Lipinski definition) is 4. The average molecular weight is 478 g/mol. The Morgan fingerprint density at radius 3 is 2.45 bits per heavy atom. The molecule has 1 amide bonds. The highest BCUT2D eigenvalue weighted by molar-refractivity contribution is 6.33. The van der Waals surface area contributed by atoms with Crippen molar-refractivity contribution in [3.05, 3.63) is 64.6 Å². The quantitative estimate of drug-likeness (QED) is 0.545. The van der Waals surface area contributed by atoms with E-state index in [1.165, 1.54) is 0 Å². The molecular formula is C23H23ClF3N5O. The summed E-state index contributed by atoms with van der Waals surface area (Å²) >= 11 is 6.07. The molecule has 1 aliphatic heterocycles. The average Bonchev–Trinajstić information content (AvgIpc) is 3.11. The zero-order valence-electron chi connectivity index (χ0n) is 18.2. The molecule has 10 heteroatoms. The van der Waals surface area contributed by atoms with E-state index in [0.717, 1.165) is 29.3 Å². The first-order valence-corrected chi connectivity index (χ1v) is 10.9. The van der Waals surface area contributed by atoms with Gasteiger partial charge in [-0.05, 0) is 51.0 Å². The van der Waals surface area contributed by atoms with Crippen molar-refractivity contribution in [1.82, 2.24) is 14.8 Å². The van der Waals surface area contributed by atoms with E-state index in [1.54, 1.807) is 4.68 Å². The van der Waals surface area contributed by atoms with Gasteiger partial charge in [0.1, 0.15) is 5.82 Å². The van der Waals surface area contributed by atoms with Crippen molar-refractivity contribution in [3.8, 4) is 5.69 Å². The maximum Gasteiger partial charge on any atom is 0.417 e. The number of aromatic nitrogens is 3. The topological polar surface area (TPSA) is 63.1 Å². The molecule has 0 atom stereocenters. The number of halogens is 4. The number of rotatable bonds is 4. The summed E-state index contributed by atoms with van der Waals surface area (Å²) in [5.41, 5.74) is 2.42. The van der Waals surface area contributed by atoms with Gasteiger partial charge in [0.25, 0.3) is 0 Å². The Bertz CT molecular complexity index is 1170. The maximum absolute atomic E-state index is 13.0. The fourth-order valence-corrected chi connectivity index (χ4v) is 4.33. The summed E-state index contributed by atoms with van der Waals surface area (Å²) in [6.45, 7) is 4.80. The van der Waals surface area contributed by atoms with E-state index in [4.69, 9.17) is 11.6 Å². The summed E-state index contributed by atoms with van der Waals surface area (Å²) in [6, 6.07) is 10.3. The third-order valence-corrected chi connectivity index (χ3v) is 5.99. The number of nitrogens with one attached hydrogen (secondary N) is 1. The number of hydrogen-bond donors (Lipinski definition) is 1. The van der Waals surface area contributed by atoms with Crippen LogP contribution in [0.25, 0.3) is 5.69 Å². The smallest absolute Gasteiger partial charge is 0.355 e. The second-order valence-corrected chi connectivity index (χ2v) is 8.54. The Morgan fingerprint density at radius 2 is 1.85 bits per heavy atom. The van der Waals surface area contributed by atoms with Crippen LogP contribution in [0, 0.1) is 19.8 Å². The summed E-state index contributed by atoms with van der Waals surface area (Å²) in [5.74, 6) is -0.0310. The standard InChI is InChI=1S/C23H23ClF3N5O/c1-14-11-15(2)32(30-14)20-6-4-3-5-19(20)29-22(33)16-7-9-31(10-8-16)21-18(24)12-17(13-28-21)23(25,26)27/h3-6,11-13,16H,7-10H2,1-2H3,(H,29,33). The van der Waals surface area contributed by atoms with Crippen molar-refractivity contribution in [2.45, 2.75) is 32.9 Å². The lowest BCUT2D eigenvalue weighted by atomic mass is 9.95. The van der Waals surface area contributed by atoms with Gasteiger partial charge in [0.05, 0.1) is 27.7 Å². The van der Waals surface area contributed by atoms with Crippen molar-refractivity contribution in [1.29, 1.82) is 0 Å². The van der Waals surface area contributed by atoms with Gasteiger partial charge < -0.3 is 10.2 Å². The predicted octanol–water partition coefficient (Wildman–Crippen LogP) is 5.41. The van der Waals surface area contributed by atoms with Gasteiger partial charge in [-0.2, -0.15) is 18.3 Å². The van der Waals surface area contributed by atoms with Gasteiger partial charge >= 0.3 is 6.18 Å². The Hall–Kier alpha value is -3.07. The molecule has 1 N–H and O–H groups in total. The summed E-state index contributed by atoms with van der Waals surface area (Å²) in [4.78, 5) is 18.7. The third kappa shape index (κ3) is 4.98. The number of para-hydroxylation sites is 2. The zero-order chi connectivity index (χ0) is 23.8. The molecule has 2 aromatic heterocycles. The molecule has 3 aromatic rings. The molecule has 6 nitrogen and oxygen atoms in total. The Labute approximate surface area is 194 Å². The van der Waals surface area contributed by atoms with Crippen LogP contribution in [0.2, 0.25) is 5.02 Å². The first-order chi connectivity index (χ1) is 15.6. The van der Waals surface area contributed by atoms with Crippen LogP contribution >= 0.6 is 11.6 Å². The molecule has 1 aliphatic rings. The highest BCUT2D eigenvalue weighted by atomic mass is 35.5. The summed E-state index contributed by atoms with van der Waals surface area (Å²) in [5, 5.41) is 7.47. The van der Waals surface area contributed by atoms with Crippen LogP contribution in [0.1, 0.15) is 29.8 Å². The molecule has 0 unspecified atom stereocenters. The lowest BCUT2D eigenvalue weighted by molar-refractivity contribution is -0.137. The van der Waals surface area contributed by atoms with Gasteiger partial charge in [-0.15, -0.1) is 0 Å². The van der Waals surface area contributed by atoms with Gasteiger partial charge in [-0.1, -0.05) is 23.7 Å². The van der Waals surface area contributed by atoms with E-state index in [-0.39, 0.29) is 16.8 Å². The van der Waals surface area contributed by atoms with Crippen molar-refractivity contribution < 1.29 is 18.0 Å².